The molecule has 0 rings (SSSR count). The third-order valence-corrected chi connectivity index (χ3v) is 0. The Balaban J connectivity index is 0. The molecule has 0 aromatic carbocycles. The average molecular weight is 198 g/mol. The summed E-state index contributed by atoms with van der Waals surface area (Å²) in [6.07, 6.45) is 0. The van der Waals surface area contributed by atoms with Crippen molar-refractivity contribution in [2.45, 2.75) is 0 Å². The van der Waals surface area contributed by atoms with E-state index in [0.717, 1.165) is 0 Å². The fourth-order valence-corrected chi connectivity index (χ4v) is 0. The molecular weight excluding hydrogens is 198 g/mol. The van der Waals surface area contributed by atoms with Crippen molar-refractivity contribution >= 4 is 13.5 Å². The summed E-state index contributed by atoms with van der Waals surface area (Å²) < 4.78 is 0. The van der Waals surface area contributed by atoms with Gasteiger partial charge in [-0.15, -0.1) is 0 Å². The molecule has 0 atom stereocenters. The molecule has 27 valence electrons. The first kappa shape index (κ1) is 38.4. The Morgan fingerprint density at radius 1 is 1.00 bits per heavy atom. The van der Waals surface area contributed by atoms with Gasteiger partial charge in [-0.05, 0) is 0 Å². The molecule has 0 N–H and O–H groups in total. The first-order chi connectivity index (χ1) is 0. The summed E-state index contributed by atoms with van der Waals surface area (Å²) in [7, 11) is 0. The van der Waals surface area contributed by atoms with Crippen LogP contribution in [0.15, 0.2) is 0 Å². The second kappa shape index (κ2) is 20.3. The van der Waals surface area contributed by atoms with Gasteiger partial charge in [-0.1, -0.05) is 0 Å². The molecule has 4 heteroatoms. The first-order valence-electron chi connectivity index (χ1n) is 0. The molecule has 0 saturated carbocycles. The Morgan fingerprint density at radius 3 is 1.00 bits per heavy atom. The first-order valence-corrected chi connectivity index (χ1v) is 0. The molecule has 0 saturated heterocycles. The molecule has 4 heavy (non-hydrogen) atoms. The monoisotopic (exact) mass is 197 g/mol. The third kappa shape index (κ3) is 9.04. The minimum absolute atomic E-state index is 0. The fourth-order valence-electron chi connectivity index (χ4n) is 0. The third-order valence-electron chi connectivity index (χ3n) is 0. The molecular formula is FeNiSV+2. The molecule has 0 heterocycles. The molecule has 0 aliphatic rings. The maximum Gasteiger partial charge on any atom is 2.00 e. The van der Waals surface area contributed by atoms with Crippen molar-refractivity contribution in [2.75, 3.05) is 0 Å². The van der Waals surface area contributed by atoms with Crippen LogP contribution in [0, 0.1) is 0 Å². The van der Waals surface area contributed by atoms with Crippen LogP contribution in [0.2, 0.25) is 0 Å². The van der Waals surface area contributed by atoms with E-state index in [1.807, 2.05) is 0 Å². The van der Waals surface area contributed by atoms with Crippen molar-refractivity contribution in [1.29, 1.82) is 0 Å². The van der Waals surface area contributed by atoms with Gasteiger partial charge in [0.05, 0.1) is 0 Å². The number of hydrogen-bond donors (Lipinski definition) is 0. The van der Waals surface area contributed by atoms with E-state index in [-0.39, 0.29) is 65.6 Å². The van der Waals surface area contributed by atoms with Crippen molar-refractivity contribution in [1.82, 2.24) is 0 Å². The summed E-state index contributed by atoms with van der Waals surface area (Å²) in [5.74, 6) is 0. The van der Waals surface area contributed by atoms with E-state index in [1.165, 1.54) is 0 Å². The van der Waals surface area contributed by atoms with Gasteiger partial charge >= 0.3 is 33.6 Å². The molecule has 0 spiro atoms. The summed E-state index contributed by atoms with van der Waals surface area (Å²) in [6, 6.07) is 0. The van der Waals surface area contributed by atoms with Crippen molar-refractivity contribution < 1.29 is 52.1 Å². The smallest absolute Gasteiger partial charge is 2.00 e. The molecule has 0 aliphatic heterocycles. The minimum atomic E-state index is 0. The van der Waals surface area contributed by atoms with E-state index < -0.39 is 0 Å². The topological polar surface area (TPSA) is 0 Å². The van der Waals surface area contributed by atoms with Gasteiger partial charge in [-0.25, -0.2) is 0 Å². The van der Waals surface area contributed by atoms with Crippen molar-refractivity contribution in [3.63, 3.8) is 0 Å². The van der Waals surface area contributed by atoms with E-state index in [1.54, 1.807) is 0 Å². The predicted molar refractivity (Wildman–Crippen MR) is 7.37 cm³/mol. The number of rotatable bonds is 0. The van der Waals surface area contributed by atoms with E-state index >= 15 is 0 Å². The largest absolute Gasteiger partial charge is 2.00 e. The Hall–Kier alpha value is 1.95. The van der Waals surface area contributed by atoms with Gasteiger partial charge < -0.3 is 13.5 Å². The molecule has 1 radical (unpaired) electrons. The van der Waals surface area contributed by atoms with Gasteiger partial charge in [0.15, 0.2) is 0 Å². The van der Waals surface area contributed by atoms with Crippen LogP contribution in [0.4, 0.5) is 0 Å². The number of hydrogen-bond acceptors (Lipinski definition) is 0. The van der Waals surface area contributed by atoms with Gasteiger partial charge in [0, 0.05) is 18.6 Å². The molecule has 0 unspecified atom stereocenters. The molecule has 0 aliphatic carbocycles. The second-order valence-corrected chi connectivity index (χ2v) is 0. The summed E-state index contributed by atoms with van der Waals surface area (Å²) in [5, 5.41) is 0. The molecule has 0 aromatic heterocycles. The van der Waals surface area contributed by atoms with Crippen LogP contribution in [0.1, 0.15) is 0 Å². The SMILES string of the molecule is [Fe+2].[Ni+2].[S-2].[V]. The van der Waals surface area contributed by atoms with E-state index in [9.17, 15) is 0 Å². The van der Waals surface area contributed by atoms with Crippen LogP contribution in [-0.4, -0.2) is 0 Å². The van der Waals surface area contributed by atoms with Crippen LogP contribution in [0.25, 0.3) is 0 Å². The van der Waals surface area contributed by atoms with Gasteiger partial charge in [0.2, 0.25) is 0 Å². The molecule has 0 fully saturated rings. The van der Waals surface area contributed by atoms with E-state index in [4.69, 9.17) is 0 Å². The zero-order valence-electron chi connectivity index (χ0n) is 1.53. The molecule has 0 amide bonds. The van der Waals surface area contributed by atoms with E-state index in [2.05, 4.69) is 0 Å². The van der Waals surface area contributed by atoms with E-state index in [0.29, 0.717) is 0 Å². The Morgan fingerprint density at radius 2 is 1.00 bits per heavy atom. The standard InChI is InChI=1S/Fe.Ni.S.V/q2*+2;-2;. The summed E-state index contributed by atoms with van der Waals surface area (Å²) >= 11 is 0. The van der Waals surface area contributed by atoms with Crippen LogP contribution >= 0.6 is 0 Å². The molecule has 0 nitrogen and oxygen atoms in total. The Bertz CT molecular complexity index is 8.00. The predicted octanol–water partition coefficient (Wildman–Crippen LogP) is -0.00990. The average Bonchev–Trinajstić information content (AvgIpc) is 0. The fraction of sp³-hybridized carbons (Fsp3) is 0. The summed E-state index contributed by atoms with van der Waals surface area (Å²) in [5.41, 5.74) is 0. The van der Waals surface area contributed by atoms with Crippen molar-refractivity contribution in [2.24, 2.45) is 0 Å². The van der Waals surface area contributed by atoms with Crippen LogP contribution < -0.4 is 0 Å². The van der Waals surface area contributed by atoms with Gasteiger partial charge in [-0.2, -0.15) is 0 Å². The maximum atomic E-state index is 0. The van der Waals surface area contributed by atoms with Crippen LogP contribution in [0.5, 0.6) is 0 Å². The van der Waals surface area contributed by atoms with Crippen molar-refractivity contribution in [3.05, 3.63) is 0 Å². The Labute approximate surface area is 65.2 Å². The zero-order valence-corrected chi connectivity index (χ0v) is 5.83. The molecule has 0 bridgehead atoms. The summed E-state index contributed by atoms with van der Waals surface area (Å²) in [6.45, 7) is 0. The van der Waals surface area contributed by atoms with Crippen molar-refractivity contribution in [3.8, 4) is 0 Å². The van der Waals surface area contributed by atoms with Crippen LogP contribution in [-0.2, 0) is 65.6 Å². The van der Waals surface area contributed by atoms with Gasteiger partial charge in [-0.3, -0.25) is 0 Å². The molecule has 0 aromatic rings. The summed E-state index contributed by atoms with van der Waals surface area (Å²) in [4.78, 5) is 0. The van der Waals surface area contributed by atoms with Gasteiger partial charge in [0.25, 0.3) is 0 Å². The second-order valence-electron chi connectivity index (χ2n) is 0. The van der Waals surface area contributed by atoms with Gasteiger partial charge in [0.1, 0.15) is 0 Å². The zero-order chi connectivity index (χ0) is 0. The maximum absolute atomic E-state index is 0. The minimum Gasteiger partial charge on any atom is -2.00 e. The normalized spacial score (nSPS) is 0. The quantitative estimate of drug-likeness (QED) is 0.479. The van der Waals surface area contributed by atoms with Crippen LogP contribution in [0.3, 0.4) is 0 Å². The Kier molecular flexibility index (Phi) is 195.